The molecule has 0 saturated carbocycles. The molecule has 0 amide bonds. The molecule has 1 aromatic carbocycles. The van der Waals surface area contributed by atoms with E-state index in [-0.39, 0.29) is 10.6 Å². The molecule has 1 unspecified atom stereocenters. The van der Waals surface area contributed by atoms with Crippen LogP contribution < -0.4 is 0 Å². The van der Waals surface area contributed by atoms with E-state index < -0.39 is 24.5 Å². The maximum atomic E-state index is 12.3. The number of halogens is 5. The number of hydrogen-bond acceptors (Lipinski definition) is 1. The first-order chi connectivity index (χ1) is 6.84. The molecule has 0 saturated heterocycles. The summed E-state index contributed by atoms with van der Waals surface area (Å²) < 4.78 is 48.9. The predicted molar refractivity (Wildman–Crippen MR) is 47.4 cm³/mol. The number of hydrogen-bond donors (Lipinski definition) is 1. The largest absolute Gasteiger partial charge is 0.416 e. The molecule has 0 heterocycles. The first-order valence-electron chi connectivity index (χ1n) is 3.96. The SMILES string of the molecule is OC(CF)c1cc(Cl)cc(C(F)(F)F)c1. The first kappa shape index (κ1) is 12.3. The Bertz CT molecular complexity index is 350. The third kappa shape index (κ3) is 3.07. The minimum atomic E-state index is -4.56. The van der Waals surface area contributed by atoms with Gasteiger partial charge in [0.25, 0.3) is 0 Å². The maximum Gasteiger partial charge on any atom is 0.416 e. The fourth-order valence-corrected chi connectivity index (χ4v) is 1.30. The monoisotopic (exact) mass is 242 g/mol. The summed E-state index contributed by atoms with van der Waals surface area (Å²) in [6.07, 6.45) is -6.14. The highest BCUT2D eigenvalue weighted by atomic mass is 35.5. The van der Waals surface area contributed by atoms with Crippen molar-refractivity contribution < 1.29 is 22.7 Å². The highest BCUT2D eigenvalue weighted by molar-refractivity contribution is 6.30. The van der Waals surface area contributed by atoms with Crippen molar-refractivity contribution in [1.82, 2.24) is 0 Å². The van der Waals surface area contributed by atoms with Gasteiger partial charge in [0.2, 0.25) is 0 Å². The molecule has 1 atom stereocenters. The van der Waals surface area contributed by atoms with Crippen molar-refractivity contribution >= 4 is 11.6 Å². The zero-order valence-corrected chi connectivity index (χ0v) is 8.11. The number of rotatable bonds is 2. The van der Waals surface area contributed by atoms with Gasteiger partial charge in [-0.15, -0.1) is 0 Å². The normalized spacial score (nSPS) is 14.0. The molecule has 0 radical (unpaired) electrons. The van der Waals surface area contributed by atoms with Gasteiger partial charge < -0.3 is 5.11 Å². The van der Waals surface area contributed by atoms with Crippen molar-refractivity contribution in [2.24, 2.45) is 0 Å². The van der Waals surface area contributed by atoms with E-state index in [1.165, 1.54) is 0 Å². The third-order valence-electron chi connectivity index (χ3n) is 1.78. The summed E-state index contributed by atoms with van der Waals surface area (Å²) in [5, 5.41) is 8.86. The van der Waals surface area contributed by atoms with Crippen molar-refractivity contribution in [3.63, 3.8) is 0 Å². The van der Waals surface area contributed by atoms with E-state index in [1.807, 2.05) is 0 Å². The summed E-state index contributed by atoms with van der Waals surface area (Å²) in [6.45, 7) is -1.16. The molecule has 6 heteroatoms. The van der Waals surface area contributed by atoms with Crippen LogP contribution in [-0.4, -0.2) is 11.8 Å². The molecule has 1 N–H and O–H groups in total. The molecule has 0 spiro atoms. The molecule has 15 heavy (non-hydrogen) atoms. The first-order valence-corrected chi connectivity index (χ1v) is 4.34. The van der Waals surface area contributed by atoms with Crippen LogP contribution in [0.25, 0.3) is 0 Å². The molecular formula is C9H7ClF4O. The minimum absolute atomic E-state index is 0.183. The summed E-state index contributed by atoms with van der Waals surface area (Å²) in [6, 6.07) is 2.49. The topological polar surface area (TPSA) is 20.2 Å². The summed E-state index contributed by atoms with van der Waals surface area (Å²) >= 11 is 5.42. The Kier molecular flexibility index (Phi) is 3.57. The van der Waals surface area contributed by atoms with Gasteiger partial charge in [-0.2, -0.15) is 13.2 Å². The molecule has 0 bridgehead atoms. The van der Waals surface area contributed by atoms with Crippen LogP contribution in [-0.2, 0) is 6.18 Å². The van der Waals surface area contributed by atoms with Gasteiger partial charge in [-0.25, -0.2) is 4.39 Å². The molecule has 0 aliphatic rings. The molecule has 0 aliphatic heterocycles. The molecule has 84 valence electrons. The smallest absolute Gasteiger partial charge is 0.386 e. The summed E-state index contributed by atoms with van der Waals surface area (Å²) in [5.41, 5.74) is -1.19. The van der Waals surface area contributed by atoms with Crippen molar-refractivity contribution in [2.45, 2.75) is 12.3 Å². The molecule has 1 aromatic rings. The third-order valence-corrected chi connectivity index (χ3v) is 2.00. The number of aliphatic hydroxyl groups excluding tert-OH is 1. The molecule has 0 fully saturated rings. The molecule has 1 rings (SSSR count). The Hall–Kier alpha value is -0.810. The van der Waals surface area contributed by atoms with E-state index in [0.29, 0.717) is 6.07 Å². The van der Waals surface area contributed by atoms with Gasteiger partial charge in [0.1, 0.15) is 12.8 Å². The predicted octanol–water partition coefficient (Wildman–Crippen LogP) is 3.36. The van der Waals surface area contributed by atoms with Crippen molar-refractivity contribution in [1.29, 1.82) is 0 Å². The quantitative estimate of drug-likeness (QED) is 0.789. The molecule has 0 aliphatic carbocycles. The number of benzene rings is 1. The van der Waals surface area contributed by atoms with Crippen LogP contribution in [0.4, 0.5) is 17.6 Å². The molecular weight excluding hydrogens is 236 g/mol. The zero-order chi connectivity index (χ0) is 11.6. The second kappa shape index (κ2) is 4.37. The molecule has 1 nitrogen and oxygen atoms in total. The average Bonchev–Trinajstić information content (AvgIpc) is 2.14. The number of aliphatic hydroxyl groups is 1. The molecule has 0 aromatic heterocycles. The van der Waals surface area contributed by atoms with Crippen LogP contribution in [0.15, 0.2) is 18.2 Å². The average molecular weight is 243 g/mol. The van der Waals surface area contributed by atoms with E-state index in [9.17, 15) is 17.6 Å². The fourth-order valence-electron chi connectivity index (χ4n) is 1.06. The van der Waals surface area contributed by atoms with Crippen molar-refractivity contribution in [3.05, 3.63) is 34.3 Å². The Morgan fingerprint density at radius 2 is 1.87 bits per heavy atom. The van der Waals surface area contributed by atoms with Gasteiger partial charge in [0.15, 0.2) is 0 Å². The van der Waals surface area contributed by atoms with Crippen LogP contribution in [0, 0.1) is 0 Å². The lowest BCUT2D eigenvalue weighted by molar-refractivity contribution is -0.137. The van der Waals surface area contributed by atoms with E-state index >= 15 is 0 Å². The van der Waals surface area contributed by atoms with Crippen LogP contribution in [0.2, 0.25) is 5.02 Å². The maximum absolute atomic E-state index is 12.3. The van der Waals surface area contributed by atoms with Crippen LogP contribution in [0.5, 0.6) is 0 Å². The van der Waals surface area contributed by atoms with Gasteiger partial charge in [-0.3, -0.25) is 0 Å². The lowest BCUT2D eigenvalue weighted by atomic mass is 10.1. The Morgan fingerprint density at radius 1 is 1.27 bits per heavy atom. The lowest BCUT2D eigenvalue weighted by Gasteiger charge is -2.12. The van der Waals surface area contributed by atoms with Crippen LogP contribution in [0.3, 0.4) is 0 Å². The van der Waals surface area contributed by atoms with Crippen LogP contribution >= 0.6 is 11.6 Å². The summed E-state index contributed by atoms with van der Waals surface area (Å²) in [5.74, 6) is 0. The van der Waals surface area contributed by atoms with Crippen molar-refractivity contribution in [2.75, 3.05) is 6.67 Å². The summed E-state index contributed by atoms with van der Waals surface area (Å²) in [4.78, 5) is 0. The lowest BCUT2D eigenvalue weighted by Crippen LogP contribution is -2.07. The standard InChI is InChI=1S/C9H7ClF4O/c10-7-2-5(8(15)4-11)1-6(3-7)9(12,13)14/h1-3,8,15H,4H2. The number of alkyl halides is 4. The Balaban J connectivity index is 3.17. The highest BCUT2D eigenvalue weighted by Gasteiger charge is 2.31. The second-order valence-corrected chi connectivity index (χ2v) is 3.38. The second-order valence-electron chi connectivity index (χ2n) is 2.94. The van der Waals surface area contributed by atoms with Gasteiger partial charge in [-0.1, -0.05) is 11.6 Å². The van der Waals surface area contributed by atoms with E-state index in [0.717, 1.165) is 12.1 Å². The van der Waals surface area contributed by atoms with E-state index in [1.54, 1.807) is 0 Å². The Labute approximate surface area is 88.3 Å². The minimum Gasteiger partial charge on any atom is -0.386 e. The fraction of sp³-hybridized carbons (Fsp3) is 0.333. The Morgan fingerprint density at radius 3 is 2.33 bits per heavy atom. The van der Waals surface area contributed by atoms with E-state index in [4.69, 9.17) is 16.7 Å². The van der Waals surface area contributed by atoms with Crippen LogP contribution in [0.1, 0.15) is 17.2 Å². The van der Waals surface area contributed by atoms with Gasteiger partial charge in [-0.05, 0) is 23.8 Å². The van der Waals surface area contributed by atoms with E-state index in [2.05, 4.69) is 0 Å². The zero-order valence-electron chi connectivity index (χ0n) is 7.35. The van der Waals surface area contributed by atoms with Crippen molar-refractivity contribution in [3.8, 4) is 0 Å². The summed E-state index contributed by atoms with van der Waals surface area (Å²) in [7, 11) is 0. The van der Waals surface area contributed by atoms with Gasteiger partial charge in [0, 0.05) is 5.02 Å². The van der Waals surface area contributed by atoms with Gasteiger partial charge in [0.05, 0.1) is 5.56 Å². The highest BCUT2D eigenvalue weighted by Crippen LogP contribution is 2.33. The van der Waals surface area contributed by atoms with Gasteiger partial charge >= 0.3 is 6.18 Å².